The van der Waals surface area contributed by atoms with Crippen LogP contribution in [0.5, 0.6) is 0 Å². The monoisotopic (exact) mass is 172 g/mol. The molecule has 0 atom stereocenters. The van der Waals surface area contributed by atoms with E-state index in [1.807, 2.05) is 0 Å². The summed E-state index contributed by atoms with van der Waals surface area (Å²) in [4.78, 5) is 10.4. The van der Waals surface area contributed by atoms with Crippen LogP contribution in [0.1, 0.15) is 12.8 Å². The Hall–Kier alpha value is -1.09. The predicted octanol–water partition coefficient (Wildman–Crippen LogP) is 1.29. The molecule has 0 aromatic carbocycles. The van der Waals surface area contributed by atoms with E-state index < -0.39 is 5.97 Å². The topological polar surface area (TPSA) is 46.5 Å². The summed E-state index contributed by atoms with van der Waals surface area (Å²) in [5, 5.41) is 8.33. The molecule has 0 aromatic heterocycles. The number of hydrogen-bond acceptors (Lipinski definition) is 3. The molecule has 70 valence electrons. The Morgan fingerprint density at radius 1 is 1.42 bits per heavy atom. The standard InChI is InChI=1S/C7H12O3.C2H4/c1-2-7(9)10-6-4-3-5-8;1-2/h2,8H,1,3-6H2;1-2H2. The number of ether oxygens (including phenoxy) is 1. The highest BCUT2D eigenvalue weighted by Crippen LogP contribution is 1.88. The average Bonchev–Trinajstić information content (AvgIpc) is 2.15. The Morgan fingerprint density at radius 3 is 2.42 bits per heavy atom. The Morgan fingerprint density at radius 2 is 2.00 bits per heavy atom. The zero-order valence-electron chi connectivity index (χ0n) is 7.29. The molecule has 3 heteroatoms. The van der Waals surface area contributed by atoms with Crippen LogP contribution in [-0.4, -0.2) is 24.3 Å². The normalized spacial score (nSPS) is 7.75. The van der Waals surface area contributed by atoms with Crippen LogP contribution in [0.4, 0.5) is 0 Å². The zero-order chi connectivity index (χ0) is 9.82. The molecule has 12 heavy (non-hydrogen) atoms. The van der Waals surface area contributed by atoms with Crippen molar-refractivity contribution in [2.45, 2.75) is 12.8 Å². The summed E-state index contributed by atoms with van der Waals surface area (Å²) in [6.07, 6.45) is 2.50. The van der Waals surface area contributed by atoms with E-state index in [-0.39, 0.29) is 6.61 Å². The van der Waals surface area contributed by atoms with E-state index in [0.717, 1.165) is 6.08 Å². The molecule has 0 aliphatic heterocycles. The Labute approximate surface area is 73.4 Å². The lowest BCUT2D eigenvalue weighted by molar-refractivity contribution is -0.137. The number of esters is 1. The van der Waals surface area contributed by atoms with Gasteiger partial charge in [-0.05, 0) is 12.8 Å². The molecular weight excluding hydrogens is 156 g/mol. The van der Waals surface area contributed by atoms with E-state index in [4.69, 9.17) is 5.11 Å². The third-order valence-electron chi connectivity index (χ3n) is 0.963. The molecule has 0 aliphatic rings. The van der Waals surface area contributed by atoms with Crippen LogP contribution in [0.25, 0.3) is 0 Å². The number of aliphatic hydroxyl groups is 1. The lowest BCUT2D eigenvalue weighted by Gasteiger charge is -1.98. The highest BCUT2D eigenvalue weighted by Gasteiger charge is 1.92. The van der Waals surface area contributed by atoms with E-state index >= 15 is 0 Å². The molecule has 0 aliphatic carbocycles. The molecule has 0 spiro atoms. The molecule has 0 fully saturated rings. The van der Waals surface area contributed by atoms with Crippen molar-refractivity contribution in [1.82, 2.24) is 0 Å². The third kappa shape index (κ3) is 11.7. The molecule has 0 radical (unpaired) electrons. The van der Waals surface area contributed by atoms with Gasteiger partial charge in [0.1, 0.15) is 0 Å². The first kappa shape index (κ1) is 13.5. The minimum absolute atomic E-state index is 0.144. The van der Waals surface area contributed by atoms with Gasteiger partial charge in [-0.1, -0.05) is 6.58 Å². The highest BCUT2D eigenvalue weighted by molar-refractivity contribution is 5.81. The average molecular weight is 172 g/mol. The first-order valence-corrected chi connectivity index (χ1v) is 3.71. The number of unbranched alkanes of at least 4 members (excludes halogenated alkanes) is 1. The summed E-state index contributed by atoms with van der Waals surface area (Å²) in [6, 6.07) is 0. The van der Waals surface area contributed by atoms with Gasteiger partial charge in [-0.25, -0.2) is 4.79 Å². The lowest BCUT2D eigenvalue weighted by Crippen LogP contribution is -2.02. The molecule has 0 bridgehead atoms. The van der Waals surface area contributed by atoms with Crippen LogP contribution >= 0.6 is 0 Å². The van der Waals surface area contributed by atoms with Crippen LogP contribution < -0.4 is 0 Å². The number of carbonyl (C=O) groups excluding carboxylic acids is 1. The van der Waals surface area contributed by atoms with Crippen molar-refractivity contribution in [3.05, 3.63) is 25.8 Å². The van der Waals surface area contributed by atoms with Gasteiger partial charge in [0, 0.05) is 12.7 Å². The molecule has 0 heterocycles. The van der Waals surface area contributed by atoms with Crippen LogP contribution in [0, 0.1) is 0 Å². The quantitative estimate of drug-likeness (QED) is 0.294. The van der Waals surface area contributed by atoms with Gasteiger partial charge >= 0.3 is 5.97 Å². The molecule has 0 rings (SSSR count). The number of aliphatic hydroxyl groups excluding tert-OH is 1. The van der Waals surface area contributed by atoms with Crippen molar-refractivity contribution in [2.75, 3.05) is 13.2 Å². The van der Waals surface area contributed by atoms with Crippen LogP contribution in [0.3, 0.4) is 0 Å². The molecule has 0 unspecified atom stereocenters. The summed E-state index contributed by atoms with van der Waals surface area (Å²) in [5.74, 6) is -0.405. The van der Waals surface area contributed by atoms with E-state index in [9.17, 15) is 4.79 Å². The molecular formula is C9H16O3. The second kappa shape index (κ2) is 12.6. The molecule has 1 N–H and O–H groups in total. The fraction of sp³-hybridized carbons (Fsp3) is 0.444. The van der Waals surface area contributed by atoms with E-state index in [2.05, 4.69) is 24.5 Å². The van der Waals surface area contributed by atoms with Crippen LogP contribution in [0.15, 0.2) is 25.8 Å². The summed E-state index contributed by atoms with van der Waals surface area (Å²) in [6.45, 7) is 9.75. The second-order valence-electron chi connectivity index (χ2n) is 1.80. The van der Waals surface area contributed by atoms with Gasteiger partial charge in [0.15, 0.2) is 0 Å². The van der Waals surface area contributed by atoms with E-state index in [0.29, 0.717) is 19.4 Å². The number of hydrogen-bond donors (Lipinski definition) is 1. The summed E-state index contributed by atoms with van der Waals surface area (Å²) in [5.41, 5.74) is 0. The molecule has 0 amide bonds. The Kier molecular flexibility index (Phi) is 14.1. The smallest absolute Gasteiger partial charge is 0.330 e. The van der Waals surface area contributed by atoms with E-state index in [1.165, 1.54) is 0 Å². The maximum atomic E-state index is 10.4. The lowest BCUT2D eigenvalue weighted by atomic mass is 10.3. The van der Waals surface area contributed by atoms with Crippen molar-refractivity contribution in [2.24, 2.45) is 0 Å². The minimum atomic E-state index is -0.405. The Balaban J connectivity index is 0. The number of rotatable bonds is 5. The summed E-state index contributed by atoms with van der Waals surface area (Å²) >= 11 is 0. The van der Waals surface area contributed by atoms with Gasteiger partial charge in [-0.2, -0.15) is 0 Å². The first-order valence-electron chi connectivity index (χ1n) is 3.71. The van der Waals surface area contributed by atoms with Gasteiger partial charge in [0.25, 0.3) is 0 Å². The molecule has 0 saturated heterocycles. The Bertz CT molecular complexity index is 121. The predicted molar refractivity (Wildman–Crippen MR) is 48.7 cm³/mol. The van der Waals surface area contributed by atoms with Gasteiger partial charge in [0.05, 0.1) is 6.61 Å². The fourth-order valence-corrected chi connectivity index (χ4v) is 0.446. The molecule has 0 aromatic rings. The van der Waals surface area contributed by atoms with Crippen molar-refractivity contribution < 1.29 is 14.6 Å². The van der Waals surface area contributed by atoms with Gasteiger partial charge < -0.3 is 9.84 Å². The number of carbonyl (C=O) groups is 1. The minimum Gasteiger partial charge on any atom is -0.463 e. The summed E-state index contributed by atoms with van der Waals surface area (Å²) in [7, 11) is 0. The molecule has 0 saturated carbocycles. The fourth-order valence-electron chi connectivity index (χ4n) is 0.446. The summed E-state index contributed by atoms with van der Waals surface area (Å²) < 4.78 is 4.63. The maximum Gasteiger partial charge on any atom is 0.330 e. The van der Waals surface area contributed by atoms with Crippen molar-refractivity contribution in [1.29, 1.82) is 0 Å². The van der Waals surface area contributed by atoms with Crippen molar-refractivity contribution >= 4 is 5.97 Å². The van der Waals surface area contributed by atoms with Crippen LogP contribution in [0.2, 0.25) is 0 Å². The second-order valence-corrected chi connectivity index (χ2v) is 1.80. The first-order chi connectivity index (χ1) is 5.81. The van der Waals surface area contributed by atoms with Gasteiger partial charge in [0.2, 0.25) is 0 Å². The maximum absolute atomic E-state index is 10.4. The van der Waals surface area contributed by atoms with Gasteiger partial charge in [-0.3, -0.25) is 0 Å². The molecule has 3 nitrogen and oxygen atoms in total. The van der Waals surface area contributed by atoms with Crippen molar-refractivity contribution in [3.63, 3.8) is 0 Å². The SMILES string of the molecule is C=C.C=CC(=O)OCCCCO. The van der Waals surface area contributed by atoms with Crippen molar-refractivity contribution in [3.8, 4) is 0 Å². The zero-order valence-corrected chi connectivity index (χ0v) is 7.29. The van der Waals surface area contributed by atoms with E-state index in [1.54, 1.807) is 0 Å². The largest absolute Gasteiger partial charge is 0.463 e. The third-order valence-corrected chi connectivity index (χ3v) is 0.963. The van der Waals surface area contributed by atoms with Crippen LogP contribution in [-0.2, 0) is 9.53 Å². The highest BCUT2D eigenvalue weighted by atomic mass is 16.5. The van der Waals surface area contributed by atoms with Gasteiger partial charge in [-0.15, -0.1) is 13.2 Å².